The van der Waals surface area contributed by atoms with Crippen LogP contribution < -0.4 is 10.1 Å². The normalized spacial score (nSPS) is 29.2. The van der Waals surface area contributed by atoms with E-state index >= 15 is 4.39 Å². The van der Waals surface area contributed by atoms with Gasteiger partial charge in [-0.3, -0.25) is 44.9 Å². The van der Waals surface area contributed by atoms with Crippen LogP contribution in [0.4, 0.5) is 14.0 Å². The van der Waals surface area contributed by atoms with Crippen molar-refractivity contribution in [1.29, 1.82) is 0 Å². The van der Waals surface area contributed by atoms with Gasteiger partial charge in [0, 0.05) is 35.5 Å². The summed E-state index contributed by atoms with van der Waals surface area (Å²) in [6.45, 7) is 8.53. The number of ketones is 2. The third kappa shape index (κ3) is 11.9. The van der Waals surface area contributed by atoms with Crippen LogP contribution in [0.15, 0.2) is 48.1 Å². The number of unbranched alkanes of at least 4 members (excludes halogenated alkanes) is 1. The number of Topliss-reactive ketones (excluding diaryl/α,β-unsaturated/α-hetero) is 1. The van der Waals surface area contributed by atoms with E-state index in [-0.39, 0.29) is 69.9 Å². The number of benzene rings is 1. The lowest BCUT2D eigenvalue weighted by Gasteiger charge is -2.62. The Balaban J connectivity index is 1.29. The molecular weight excluding hydrogens is 889 g/mol. The molecule has 3 fully saturated rings. The Morgan fingerprint density at radius 2 is 1.57 bits per heavy atom. The molecular formula is C45H62FN3O18. The predicted molar refractivity (Wildman–Crippen MR) is 224 cm³/mol. The zero-order valence-corrected chi connectivity index (χ0v) is 38.4. The van der Waals surface area contributed by atoms with Gasteiger partial charge in [0.1, 0.15) is 17.4 Å². The fourth-order valence-electron chi connectivity index (χ4n) is 10.5. The molecule has 0 radical (unpaired) electrons. The van der Waals surface area contributed by atoms with E-state index in [1.54, 1.807) is 41.5 Å². The van der Waals surface area contributed by atoms with E-state index in [0.29, 0.717) is 30.4 Å². The van der Waals surface area contributed by atoms with Gasteiger partial charge in [0.05, 0.1) is 36.7 Å². The molecule has 0 saturated heterocycles. The lowest BCUT2D eigenvalue weighted by Crippen LogP contribution is -2.70. The van der Waals surface area contributed by atoms with Crippen molar-refractivity contribution in [3.63, 3.8) is 0 Å². The topological polar surface area (TPSA) is 287 Å². The third-order valence-electron chi connectivity index (χ3n) is 13.5. The Morgan fingerprint density at radius 1 is 0.925 bits per heavy atom. The number of carbonyl (C=O) groups is 6. The van der Waals surface area contributed by atoms with Gasteiger partial charge in [0.25, 0.3) is 0 Å². The van der Waals surface area contributed by atoms with Gasteiger partial charge in [-0.2, -0.15) is 0 Å². The maximum atomic E-state index is 17.9. The van der Waals surface area contributed by atoms with E-state index in [1.807, 2.05) is 0 Å². The summed E-state index contributed by atoms with van der Waals surface area (Å²) in [6.07, 6.45) is 0.904. The average Bonchev–Trinajstić information content (AvgIpc) is 3.45. The molecule has 3 saturated carbocycles. The smallest absolute Gasteiger partial charge is 0.464 e. The first-order valence-corrected chi connectivity index (χ1v) is 22.1. The van der Waals surface area contributed by atoms with E-state index in [4.69, 9.17) is 44.5 Å². The van der Waals surface area contributed by atoms with Gasteiger partial charge < -0.3 is 34.1 Å². The van der Waals surface area contributed by atoms with Crippen LogP contribution in [-0.4, -0.2) is 128 Å². The van der Waals surface area contributed by atoms with Crippen LogP contribution in [0.3, 0.4) is 0 Å². The molecule has 1 aromatic carbocycles. The Kier molecular flexibility index (Phi) is 17.1. The van der Waals surface area contributed by atoms with E-state index in [1.165, 1.54) is 42.5 Å². The van der Waals surface area contributed by atoms with Crippen LogP contribution in [0.2, 0.25) is 0 Å². The first-order valence-electron chi connectivity index (χ1n) is 22.1. The van der Waals surface area contributed by atoms with Crippen LogP contribution in [-0.2, 0) is 54.2 Å². The Bertz CT molecular complexity index is 2040. The molecule has 0 aliphatic heterocycles. The lowest BCUT2D eigenvalue weighted by atomic mass is 9.44. The number of fused-ring (bicyclic) bond motifs is 5. The summed E-state index contributed by atoms with van der Waals surface area (Å²) in [5.41, 5.74) is -6.84. The number of nitrogens with one attached hydrogen (secondary N) is 1. The first-order chi connectivity index (χ1) is 31.4. The molecule has 0 heterocycles. The van der Waals surface area contributed by atoms with Crippen molar-refractivity contribution in [2.75, 3.05) is 26.4 Å². The summed E-state index contributed by atoms with van der Waals surface area (Å²) in [5, 5.41) is 48.6. The highest BCUT2D eigenvalue weighted by molar-refractivity contribution is 6.01. The average molecular weight is 952 g/mol. The number of hydrogen-bond donors (Lipinski definition) is 6. The number of esters is 2. The van der Waals surface area contributed by atoms with Crippen molar-refractivity contribution in [1.82, 2.24) is 16.1 Å². The maximum absolute atomic E-state index is 17.9. The van der Waals surface area contributed by atoms with Gasteiger partial charge in [-0.1, -0.05) is 37.6 Å². The molecule has 2 unspecified atom stereocenters. The molecule has 372 valence electrons. The number of halogens is 1. The first kappa shape index (κ1) is 53.1. The highest BCUT2D eigenvalue weighted by Gasteiger charge is 2.77. The van der Waals surface area contributed by atoms with Crippen molar-refractivity contribution >= 4 is 35.8 Å². The molecule has 9 atom stereocenters. The number of hydrogen-bond acceptors (Lipinski definition) is 20. The summed E-state index contributed by atoms with van der Waals surface area (Å²) in [4.78, 5) is 88.4. The monoisotopic (exact) mass is 951 g/mol. The molecule has 1 aromatic rings. The van der Waals surface area contributed by atoms with Gasteiger partial charge in [-0.05, 0) is 108 Å². The van der Waals surface area contributed by atoms with Crippen molar-refractivity contribution in [3.8, 4) is 5.75 Å². The summed E-state index contributed by atoms with van der Waals surface area (Å²) in [6, 6.07) is 4.54. The van der Waals surface area contributed by atoms with E-state index in [2.05, 4.69) is 15.0 Å². The zero-order valence-electron chi connectivity index (χ0n) is 38.4. The minimum Gasteiger partial charge on any atom is -0.464 e. The molecule has 0 aromatic heterocycles. The number of nitrogens with zero attached hydrogens (tertiary/aromatic N) is 2. The summed E-state index contributed by atoms with van der Waals surface area (Å²) in [5.74, 6) is -5.06. The van der Waals surface area contributed by atoms with Gasteiger partial charge in [0.15, 0.2) is 23.7 Å². The molecule has 22 heteroatoms. The Hall–Kier alpha value is -4.91. The standard InChI is InChI=1S/C45H62FN3O18/c1-27-22-33-32-16-13-29-24-30(50)17-18-42(29,5)44(32,46)35(51)25-43(33,6)45(27,66-37(53)10-9-21-64-49(59)60)36(52)26-62-40(56)65-31-14-11-28(12-15-31)23-34(47-39(55)67-41(2,3)4)38(54)61-19-7-8-20-63-48(57)58/h11-12,14-15,17-18,24,27,32-35,51,57-60H,7-10,13,16,19-23,25-26H2,1-6H3,(H,47,55)/t27-,32?,33?,34-,35-,42-,43-,44-,45-/m0/s1. The number of alkyl carbamates (subject to hydrolysis) is 1. The van der Waals surface area contributed by atoms with Crippen LogP contribution in [0.1, 0.15) is 98.5 Å². The van der Waals surface area contributed by atoms with Gasteiger partial charge >= 0.3 is 24.2 Å². The largest absolute Gasteiger partial charge is 0.514 e. The second kappa shape index (κ2) is 21.6. The van der Waals surface area contributed by atoms with Crippen LogP contribution in [0.25, 0.3) is 0 Å². The third-order valence-corrected chi connectivity index (χ3v) is 13.5. The Labute approximate surface area is 386 Å². The number of ether oxygens (including phenoxy) is 5. The van der Waals surface area contributed by atoms with Crippen molar-refractivity contribution in [3.05, 3.63) is 53.6 Å². The van der Waals surface area contributed by atoms with Crippen molar-refractivity contribution in [2.24, 2.45) is 28.6 Å². The number of aliphatic hydroxyl groups is 1. The molecule has 5 rings (SSSR count). The van der Waals surface area contributed by atoms with Crippen LogP contribution in [0, 0.1) is 28.6 Å². The second-order valence-corrected chi connectivity index (χ2v) is 18.9. The molecule has 0 bridgehead atoms. The SMILES string of the molecule is C[C@H]1CC2C3CCC4=CC(=O)C=C[C@]4(C)[C@@]3(F)[C@@H](O)C[C@]2(C)[C@@]1(OC(=O)CCCON(O)O)C(=O)COC(=O)Oc1ccc(C[C@H](NC(=O)OC(C)(C)C)C(=O)OCCCCON(O)O)cc1. The fourth-order valence-corrected chi connectivity index (χ4v) is 10.5. The number of alkyl halides is 1. The highest BCUT2D eigenvalue weighted by atomic mass is 19.1. The van der Waals surface area contributed by atoms with E-state index < -0.39 is 105 Å². The number of carbonyl (C=O) groups excluding carboxylic acids is 6. The van der Waals surface area contributed by atoms with E-state index in [0.717, 1.165) is 0 Å². The number of aliphatic hydroxyl groups excluding tert-OH is 1. The molecule has 0 spiro atoms. The number of amides is 1. The summed E-state index contributed by atoms with van der Waals surface area (Å²) < 4.78 is 45.4. The van der Waals surface area contributed by atoms with Crippen LogP contribution >= 0.6 is 0 Å². The lowest BCUT2D eigenvalue weighted by molar-refractivity contribution is -0.492. The minimum absolute atomic E-state index is 0.0340. The number of allylic oxidation sites excluding steroid dienone is 4. The van der Waals surface area contributed by atoms with Crippen LogP contribution in [0.5, 0.6) is 5.75 Å². The molecule has 4 aliphatic carbocycles. The highest BCUT2D eigenvalue weighted by Crippen LogP contribution is 2.71. The maximum Gasteiger partial charge on any atom is 0.514 e. The molecule has 67 heavy (non-hydrogen) atoms. The zero-order chi connectivity index (χ0) is 49.5. The molecule has 1 amide bonds. The minimum atomic E-state index is -2.25. The van der Waals surface area contributed by atoms with Gasteiger partial charge in [-0.15, -0.1) is 0 Å². The molecule has 4 aliphatic rings. The van der Waals surface area contributed by atoms with Crippen molar-refractivity contribution < 1.29 is 92.5 Å². The summed E-state index contributed by atoms with van der Waals surface area (Å²) >= 11 is 0. The fraction of sp³-hybridized carbons (Fsp3) is 0.644. The molecule has 6 N–H and O–H groups in total. The quantitative estimate of drug-likeness (QED) is 0.0321. The predicted octanol–water partition coefficient (Wildman–Crippen LogP) is 5.23. The Morgan fingerprint density at radius 3 is 2.21 bits per heavy atom. The van der Waals surface area contributed by atoms with Gasteiger partial charge in [-0.25, -0.2) is 18.8 Å². The van der Waals surface area contributed by atoms with E-state index in [9.17, 15) is 33.9 Å². The van der Waals surface area contributed by atoms with Crippen molar-refractivity contribution in [2.45, 2.75) is 128 Å². The molecule has 21 nitrogen and oxygen atoms in total. The second-order valence-electron chi connectivity index (χ2n) is 18.9. The van der Waals surface area contributed by atoms with Gasteiger partial charge in [0.2, 0.25) is 5.78 Å². The number of rotatable bonds is 20. The summed E-state index contributed by atoms with van der Waals surface area (Å²) in [7, 11) is 0.